The van der Waals surface area contributed by atoms with Crippen LogP contribution in [-0.2, 0) is 17.8 Å². The number of hydrogen-bond donors (Lipinski definition) is 1. The molecule has 0 aliphatic rings. The molecule has 1 unspecified atom stereocenters. The normalized spacial score (nSPS) is 12.4. The highest BCUT2D eigenvalue weighted by atomic mass is 16.3. The van der Waals surface area contributed by atoms with Crippen molar-refractivity contribution in [1.29, 1.82) is 0 Å². The second-order valence-electron chi connectivity index (χ2n) is 4.55. The predicted molar refractivity (Wildman–Crippen MR) is 72.8 cm³/mol. The van der Waals surface area contributed by atoms with Crippen LogP contribution in [0.25, 0.3) is 0 Å². The first-order valence-corrected chi connectivity index (χ1v) is 6.41. The van der Waals surface area contributed by atoms with Crippen LogP contribution in [0.1, 0.15) is 30.0 Å². The SMILES string of the molecule is CCn1nc(C)cc1CC(=O)C(O)c1ccccc1. The van der Waals surface area contributed by atoms with Gasteiger partial charge in [-0.2, -0.15) is 5.10 Å². The van der Waals surface area contributed by atoms with Gasteiger partial charge >= 0.3 is 0 Å². The standard InChI is InChI=1S/C15H18N2O2/c1-3-17-13(9-11(2)16-17)10-14(18)15(19)12-7-5-4-6-8-12/h4-9,15,19H,3,10H2,1-2H3. The summed E-state index contributed by atoms with van der Waals surface area (Å²) in [6.45, 7) is 4.60. The predicted octanol–water partition coefficient (Wildman–Crippen LogP) is 2.06. The lowest BCUT2D eigenvalue weighted by Crippen LogP contribution is -2.16. The first-order chi connectivity index (χ1) is 9.11. The van der Waals surface area contributed by atoms with E-state index in [-0.39, 0.29) is 12.2 Å². The van der Waals surface area contributed by atoms with Gasteiger partial charge in [-0.15, -0.1) is 0 Å². The number of aliphatic hydroxyl groups is 1. The molecule has 4 heteroatoms. The van der Waals surface area contributed by atoms with Gasteiger partial charge in [-0.25, -0.2) is 0 Å². The van der Waals surface area contributed by atoms with Gasteiger partial charge in [0.2, 0.25) is 0 Å². The zero-order valence-electron chi connectivity index (χ0n) is 11.2. The van der Waals surface area contributed by atoms with Crippen molar-refractivity contribution in [2.24, 2.45) is 0 Å². The first-order valence-electron chi connectivity index (χ1n) is 6.41. The third-order valence-electron chi connectivity index (χ3n) is 3.06. The van der Waals surface area contributed by atoms with Crippen LogP contribution in [0.15, 0.2) is 36.4 Å². The summed E-state index contributed by atoms with van der Waals surface area (Å²) in [7, 11) is 0. The van der Waals surface area contributed by atoms with E-state index in [1.165, 1.54) is 0 Å². The van der Waals surface area contributed by atoms with E-state index in [1.807, 2.05) is 38.1 Å². The lowest BCUT2D eigenvalue weighted by molar-refractivity contribution is -0.126. The Morgan fingerprint density at radius 3 is 2.68 bits per heavy atom. The Morgan fingerprint density at radius 1 is 1.37 bits per heavy atom. The number of Topliss-reactive ketones (excluding diaryl/α,β-unsaturated/α-hetero) is 1. The molecule has 4 nitrogen and oxygen atoms in total. The summed E-state index contributed by atoms with van der Waals surface area (Å²) in [5, 5.41) is 14.3. The molecule has 1 aromatic carbocycles. The fourth-order valence-corrected chi connectivity index (χ4v) is 2.11. The number of rotatable bonds is 5. The van der Waals surface area contributed by atoms with Crippen LogP contribution in [0.5, 0.6) is 0 Å². The molecule has 1 heterocycles. The smallest absolute Gasteiger partial charge is 0.171 e. The highest BCUT2D eigenvalue weighted by Gasteiger charge is 2.19. The molecule has 0 aliphatic carbocycles. The van der Waals surface area contributed by atoms with E-state index < -0.39 is 6.10 Å². The molecule has 1 N–H and O–H groups in total. The molecule has 0 spiro atoms. The van der Waals surface area contributed by atoms with Gasteiger partial charge in [0.25, 0.3) is 0 Å². The summed E-state index contributed by atoms with van der Waals surface area (Å²) in [5.74, 6) is -0.208. The van der Waals surface area contributed by atoms with Crippen molar-refractivity contribution in [3.05, 3.63) is 53.3 Å². The van der Waals surface area contributed by atoms with Crippen LogP contribution in [0.3, 0.4) is 0 Å². The molecule has 0 amide bonds. The number of carbonyl (C=O) groups excluding carboxylic acids is 1. The summed E-state index contributed by atoms with van der Waals surface area (Å²) in [4.78, 5) is 12.1. The van der Waals surface area contributed by atoms with E-state index >= 15 is 0 Å². The second kappa shape index (κ2) is 5.80. The summed E-state index contributed by atoms with van der Waals surface area (Å²) in [6.07, 6.45) is -0.869. The molecule has 2 aromatic rings. The van der Waals surface area contributed by atoms with Crippen molar-refractivity contribution in [2.45, 2.75) is 32.9 Å². The van der Waals surface area contributed by atoms with E-state index in [2.05, 4.69) is 5.10 Å². The van der Waals surface area contributed by atoms with Crippen molar-refractivity contribution >= 4 is 5.78 Å². The quantitative estimate of drug-likeness (QED) is 0.893. The van der Waals surface area contributed by atoms with E-state index in [0.29, 0.717) is 5.56 Å². The van der Waals surface area contributed by atoms with Crippen LogP contribution in [-0.4, -0.2) is 20.7 Å². The lowest BCUT2D eigenvalue weighted by Gasteiger charge is -2.10. The zero-order chi connectivity index (χ0) is 13.8. The Hall–Kier alpha value is -1.94. The molecule has 1 aromatic heterocycles. The Kier molecular flexibility index (Phi) is 4.12. The molecule has 0 radical (unpaired) electrons. The molecule has 1 atom stereocenters. The average Bonchev–Trinajstić information content (AvgIpc) is 2.78. The van der Waals surface area contributed by atoms with E-state index in [1.54, 1.807) is 16.8 Å². The Bertz CT molecular complexity index is 561. The maximum absolute atomic E-state index is 12.1. The molecular formula is C15H18N2O2. The highest BCUT2D eigenvalue weighted by molar-refractivity contribution is 5.85. The van der Waals surface area contributed by atoms with Crippen molar-refractivity contribution < 1.29 is 9.90 Å². The number of aryl methyl sites for hydroxylation is 2. The Labute approximate surface area is 112 Å². The van der Waals surface area contributed by atoms with Crippen molar-refractivity contribution in [1.82, 2.24) is 9.78 Å². The number of carbonyl (C=O) groups is 1. The number of aromatic nitrogens is 2. The third kappa shape index (κ3) is 3.09. The molecular weight excluding hydrogens is 240 g/mol. The molecule has 100 valence electrons. The topological polar surface area (TPSA) is 55.1 Å². The number of benzene rings is 1. The van der Waals surface area contributed by atoms with Crippen LogP contribution in [0, 0.1) is 6.92 Å². The Morgan fingerprint density at radius 2 is 2.05 bits per heavy atom. The molecule has 19 heavy (non-hydrogen) atoms. The van der Waals surface area contributed by atoms with Crippen LogP contribution < -0.4 is 0 Å². The van der Waals surface area contributed by atoms with Crippen molar-refractivity contribution in [2.75, 3.05) is 0 Å². The van der Waals surface area contributed by atoms with Gasteiger partial charge in [-0.3, -0.25) is 9.48 Å². The first kappa shape index (κ1) is 13.5. The van der Waals surface area contributed by atoms with Gasteiger partial charge in [0, 0.05) is 12.2 Å². The average molecular weight is 258 g/mol. The minimum Gasteiger partial charge on any atom is -0.381 e. The fraction of sp³-hybridized carbons (Fsp3) is 0.333. The minimum atomic E-state index is -1.07. The summed E-state index contributed by atoms with van der Waals surface area (Å²) >= 11 is 0. The minimum absolute atomic E-state index is 0.199. The highest BCUT2D eigenvalue weighted by Crippen LogP contribution is 2.16. The number of hydrogen-bond acceptors (Lipinski definition) is 3. The fourth-order valence-electron chi connectivity index (χ4n) is 2.11. The Balaban J connectivity index is 2.13. The van der Waals surface area contributed by atoms with E-state index in [0.717, 1.165) is 17.9 Å². The number of aliphatic hydroxyl groups excluding tert-OH is 1. The van der Waals surface area contributed by atoms with E-state index in [9.17, 15) is 9.90 Å². The van der Waals surface area contributed by atoms with E-state index in [4.69, 9.17) is 0 Å². The van der Waals surface area contributed by atoms with Gasteiger partial charge in [-0.1, -0.05) is 30.3 Å². The summed E-state index contributed by atoms with van der Waals surface area (Å²) in [5.41, 5.74) is 2.37. The molecule has 0 saturated heterocycles. The largest absolute Gasteiger partial charge is 0.381 e. The number of ketones is 1. The monoisotopic (exact) mass is 258 g/mol. The maximum Gasteiger partial charge on any atom is 0.171 e. The third-order valence-corrected chi connectivity index (χ3v) is 3.06. The molecule has 0 bridgehead atoms. The molecule has 0 aliphatic heterocycles. The molecule has 0 saturated carbocycles. The van der Waals surface area contributed by atoms with Crippen LogP contribution in [0.2, 0.25) is 0 Å². The van der Waals surface area contributed by atoms with Gasteiger partial charge in [0.1, 0.15) is 6.10 Å². The molecule has 2 rings (SSSR count). The zero-order valence-corrected chi connectivity index (χ0v) is 11.2. The molecule has 0 fully saturated rings. The van der Waals surface area contributed by atoms with Crippen LogP contribution in [0.4, 0.5) is 0 Å². The van der Waals surface area contributed by atoms with Gasteiger partial charge < -0.3 is 5.11 Å². The lowest BCUT2D eigenvalue weighted by atomic mass is 10.0. The van der Waals surface area contributed by atoms with Crippen LogP contribution >= 0.6 is 0 Å². The summed E-state index contributed by atoms with van der Waals surface area (Å²) < 4.78 is 1.80. The summed E-state index contributed by atoms with van der Waals surface area (Å²) in [6, 6.07) is 10.9. The van der Waals surface area contributed by atoms with Crippen molar-refractivity contribution in [3.8, 4) is 0 Å². The second-order valence-corrected chi connectivity index (χ2v) is 4.55. The van der Waals surface area contributed by atoms with Gasteiger partial charge in [-0.05, 0) is 25.5 Å². The number of nitrogens with zero attached hydrogens (tertiary/aromatic N) is 2. The maximum atomic E-state index is 12.1. The van der Waals surface area contributed by atoms with Gasteiger partial charge in [0.15, 0.2) is 5.78 Å². The van der Waals surface area contributed by atoms with Crippen molar-refractivity contribution in [3.63, 3.8) is 0 Å². The van der Waals surface area contributed by atoms with Gasteiger partial charge in [0.05, 0.1) is 12.1 Å².